The second kappa shape index (κ2) is 6.95. The Morgan fingerprint density at radius 1 is 0.950 bits per heavy atom. The molecule has 2 saturated carbocycles. The van der Waals surface area contributed by atoms with Crippen molar-refractivity contribution in [3.8, 4) is 0 Å². The number of carboxylic acids is 1. The van der Waals surface area contributed by atoms with Crippen LogP contribution in [0, 0.1) is 11.8 Å². The van der Waals surface area contributed by atoms with Crippen LogP contribution < -0.4 is 10.6 Å². The van der Waals surface area contributed by atoms with E-state index in [9.17, 15) is 14.7 Å². The van der Waals surface area contributed by atoms with E-state index in [4.69, 9.17) is 0 Å². The maximum absolute atomic E-state index is 12.0. The van der Waals surface area contributed by atoms with Crippen molar-refractivity contribution in [1.82, 2.24) is 10.6 Å². The Kier molecular flexibility index (Phi) is 5.26. The summed E-state index contributed by atoms with van der Waals surface area (Å²) >= 11 is 0. The van der Waals surface area contributed by atoms with Gasteiger partial charge < -0.3 is 15.7 Å². The first-order chi connectivity index (χ1) is 9.56. The Morgan fingerprint density at radius 3 is 2.25 bits per heavy atom. The molecule has 2 aliphatic carbocycles. The Hall–Kier alpha value is -1.26. The standard InChI is InChI=1S/C15H26N2O3/c1-10-6-8-11(9-7-10)16-15(20)17-13-5-3-2-4-12(13)14(18)19/h10-13H,2-9H2,1H3,(H,18,19)(H2,16,17,20). The summed E-state index contributed by atoms with van der Waals surface area (Å²) in [5, 5.41) is 15.1. The Morgan fingerprint density at radius 2 is 1.60 bits per heavy atom. The van der Waals surface area contributed by atoms with Crippen molar-refractivity contribution in [3.63, 3.8) is 0 Å². The number of aliphatic carboxylic acids is 1. The predicted octanol–water partition coefficient (Wildman–Crippen LogP) is 2.51. The van der Waals surface area contributed by atoms with Gasteiger partial charge in [0.2, 0.25) is 0 Å². The fourth-order valence-corrected chi connectivity index (χ4v) is 3.40. The number of amides is 2. The zero-order valence-electron chi connectivity index (χ0n) is 12.2. The monoisotopic (exact) mass is 282 g/mol. The summed E-state index contributed by atoms with van der Waals surface area (Å²) in [6, 6.07) is -0.162. The van der Waals surface area contributed by atoms with Crippen LogP contribution in [0.2, 0.25) is 0 Å². The van der Waals surface area contributed by atoms with E-state index in [1.54, 1.807) is 0 Å². The molecule has 114 valence electrons. The highest BCUT2D eigenvalue weighted by Crippen LogP contribution is 2.25. The predicted molar refractivity (Wildman–Crippen MR) is 76.5 cm³/mol. The van der Waals surface area contributed by atoms with E-state index in [0.717, 1.165) is 50.9 Å². The van der Waals surface area contributed by atoms with Gasteiger partial charge in [-0.25, -0.2) is 4.79 Å². The largest absolute Gasteiger partial charge is 0.481 e. The lowest BCUT2D eigenvalue weighted by Crippen LogP contribution is -2.51. The van der Waals surface area contributed by atoms with Crippen LogP contribution in [0.25, 0.3) is 0 Å². The zero-order valence-corrected chi connectivity index (χ0v) is 12.2. The molecule has 2 fully saturated rings. The fraction of sp³-hybridized carbons (Fsp3) is 0.867. The van der Waals surface area contributed by atoms with E-state index >= 15 is 0 Å². The van der Waals surface area contributed by atoms with Crippen LogP contribution in [-0.4, -0.2) is 29.2 Å². The number of rotatable bonds is 3. The SMILES string of the molecule is CC1CCC(NC(=O)NC2CCCCC2C(=O)O)CC1. The van der Waals surface area contributed by atoms with Gasteiger partial charge in [0.15, 0.2) is 0 Å². The summed E-state index contributed by atoms with van der Waals surface area (Å²) in [7, 11) is 0. The summed E-state index contributed by atoms with van der Waals surface area (Å²) < 4.78 is 0. The summed E-state index contributed by atoms with van der Waals surface area (Å²) in [5.41, 5.74) is 0. The van der Waals surface area contributed by atoms with Gasteiger partial charge in [-0.15, -0.1) is 0 Å². The van der Waals surface area contributed by atoms with Crippen LogP contribution in [0.4, 0.5) is 4.79 Å². The van der Waals surface area contributed by atoms with Gasteiger partial charge in [0.25, 0.3) is 0 Å². The van der Waals surface area contributed by atoms with Crippen LogP contribution in [-0.2, 0) is 4.79 Å². The van der Waals surface area contributed by atoms with Gasteiger partial charge in [-0.05, 0) is 44.4 Å². The topological polar surface area (TPSA) is 78.4 Å². The van der Waals surface area contributed by atoms with Crippen molar-refractivity contribution < 1.29 is 14.7 Å². The van der Waals surface area contributed by atoms with Gasteiger partial charge in [-0.2, -0.15) is 0 Å². The normalized spacial score (nSPS) is 34.2. The first-order valence-electron chi connectivity index (χ1n) is 7.86. The quantitative estimate of drug-likeness (QED) is 0.744. The van der Waals surface area contributed by atoms with Crippen molar-refractivity contribution in [2.75, 3.05) is 0 Å². The summed E-state index contributed by atoms with van der Waals surface area (Å²) in [6.07, 6.45) is 7.75. The molecule has 0 aromatic carbocycles. The first-order valence-corrected chi connectivity index (χ1v) is 7.86. The average molecular weight is 282 g/mol. The average Bonchev–Trinajstić information content (AvgIpc) is 2.41. The highest BCUT2D eigenvalue weighted by molar-refractivity contribution is 5.77. The van der Waals surface area contributed by atoms with Gasteiger partial charge in [-0.3, -0.25) is 4.79 Å². The van der Waals surface area contributed by atoms with E-state index in [-0.39, 0.29) is 18.1 Å². The van der Waals surface area contributed by atoms with Gasteiger partial charge >= 0.3 is 12.0 Å². The molecule has 3 N–H and O–H groups in total. The molecule has 5 heteroatoms. The number of carbonyl (C=O) groups is 2. The minimum absolute atomic E-state index is 0.192. The third-order valence-electron chi connectivity index (χ3n) is 4.75. The van der Waals surface area contributed by atoms with Crippen LogP contribution in [0.3, 0.4) is 0 Å². The Balaban J connectivity index is 1.79. The molecule has 0 bridgehead atoms. The molecular weight excluding hydrogens is 256 g/mol. The molecule has 2 rings (SSSR count). The van der Waals surface area contributed by atoms with Crippen LogP contribution in [0.5, 0.6) is 0 Å². The zero-order chi connectivity index (χ0) is 14.5. The van der Waals surface area contributed by atoms with Crippen LogP contribution >= 0.6 is 0 Å². The Bertz CT molecular complexity index is 351. The number of carboxylic acid groups (broad SMARTS) is 1. The van der Waals surface area contributed by atoms with E-state index in [0.29, 0.717) is 6.42 Å². The minimum Gasteiger partial charge on any atom is -0.481 e. The highest BCUT2D eigenvalue weighted by Gasteiger charge is 2.32. The first kappa shape index (κ1) is 15.1. The van der Waals surface area contributed by atoms with Gasteiger partial charge in [-0.1, -0.05) is 19.8 Å². The molecule has 0 aromatic rings. The second-order valence-corrected chi connectivity index (χ2v) is 6.41. The van der Waals surface area contributed by atoms with Crippen LogP contribution in [0.1, 0.15) is 58.3 Å². The third kappa shape index (κ3) is 4.12. The van der Waals surface area contributed by atoms with Gasteiger partial charge in [0.05, 0.1) is 5.92 Å². The van der Waals surface area contributed by atoms with Crippen molar-refractivity contribution >= 4 is 12.0 Å². The molecule has 2 unspecified atom stereocenters. The molecule has 2 aliphatic rings. The summed E-state index contributed by atoms with van der Waals surface area (Å²) in [6.45, 7) is 2.25. The van der Waals surface area contributed by atoms with Gasteiger partial charge in [0, 0.05) is 12.1 Å². The second-order valence-electron chi connectivity index (χ2n) is 6.41. The number of urea groups is 1. The maximum Gasteiger partial charge on any atom is 0.315 e. The molecule has 5 nitrogen and oxygen atoms in total. The molecule has 0 saturated heterocycles. The van der Waals surface area contributed by atoms with Crippen LogP contribution in [0.15, 0.2) is 0 Å². The molecule has 0 heterocycles. The Labute approximate surface area is 120 Å². The number of hydrogen-bond acceptors (Lipinski definition) is 2. The highest BCUT2D eigenvalue weighted by atomic mass is 16.4. The van der Waals surface area contributed by atoms with Crippen molar-refractivity contribution in [2.45, 2.75) is 70.4 Å². The van der Waals surface area contributed by atoms with Crippen molar-refractivity contribution in [3.05, 3.63) is 0 Å². The molecule has 2 amide bonds. The molecule has 0 aliphatic heterocycles. The summed E-state index contributed by atoms with van der Waals surface area (Å²) in [5.74, 6) is -0.465. The fourth-order valence-electron chi connectivity index (χ4n) is 3.40. The smallest absolute Gasteiger partial charge is 0.315 e. The third-order valence-corrected chi connectivity index (χ3v) is 4.75. The lowest BCUT2D eigenvalue weighted by atomic mass is 9.84. The van der Waals surface area contributed by atoms with Gasteiger partial charge in [0.1, 0.15) is 0 Å². The lowest BCUT2D eigenvalue weighted by Gasteiger charge is -2.31. The molecule has 0 aromatic heterocycles. The maximum atomic E-state index is 12.0. The van der Waals surface area contributed by atoms with E-state index in [1.807, 2.05) is 0 Å². The molecule has 0 radical (unpaired) electrons. The summed E-state index contributed by atoms with van der Waals surface area (Å²) in [4.78, 5) is 23.2. The lowest BCUT2D eigenvalue weighted by molar-refractivity contribution is -0.143. The number of hydrogen-bond donors (Lipinski definition) is 3. The molecule has 20 heavy (non-hydrogen) atoms. The van der Waals surface area contributed by atoms with E-state index < -0.39 is 11.9 Å². The van der Waals surface area contributed by atoms with Crippen molar-refractivity contribution in [1.29, 1.82) is 0 Å². The van der Waals surface area contributed by atoms with Crippen molar-refractivity contribution in [2.24, 2.45) is 11.8 Å². The minimum atomic E-state index is -0.790. The number of carbonyl (C=O) groups excluding carboxylic acids is 1. The molecule has 0 spiro atoms. The molecular formula is C15H26N2O3. The molecule has 2 atom stereocenters. The van der Waals surface area contributed by atoms with E-state index in [2.05, 4.69) is 17.6 Å². The van der Waals surface area contributed by atoms with E-state index in [1.165, 1.54) is 0 Å². The number of nitrogens with one attached hydrogen (secondary N) is 2.